The van der Waals surface area contributed by atoms with Crippen molar-refractivity contribution in [3.8, 4) is 0 Å². The number of aromatic nitrogens is 2. The first-order chi connectivity index (χ1) is 9.52. The van der Waals surface area contributed by atoms with Gasteiger partial charge in [0, 0.05) is 15.3 Å². The Kier molecular flexibility index (Phi) is 5.01. The van der Waals surface area contributed by atoms with Gasteiger partial charge in [-0.15, -0.1) is 0 Å². The molecule has 1 heterocycles. The molecule has 0 spiro atoms. The highest BCUT2D eigenvalue weighted by Crippen LogP contribution is 2.17. The third-order valence-electron chi connectivity index (χ3n) is 2.19. The van der Waals surface area contributed by atoms with Gasteiger partial charge in [0.25, 0.3) is 0 Å². The maximum absolute atomic E-state index is 11.8. The normalized spacial score (nSPS) is 10.2. The van der Waals surface area contributed by atoms with Crippen LogP contribution in [0.4, 0.5) is 17.3 Å². The first-order valence-corrected chi connectivity index (χ1v) is 7.67. The van der Waals surface area contributed by atoms with E-state index in [-0.39, 0.29) is 23.3 Å². The van der Waals surface area contributed by atoms with Gasteiger partial charge in [0.2, 0.25) is 5.91 Å². The molecule has 20 heavy (non-hydrogen) atoms. The van der Waals surface area contributed by atoms with E-state index < -0.39 is 0 Å². The third kappa shape index (κ3) is 4.53. The quantitative estimate of drug-likeness (QED) is 0.411. The standard InChI is InChI=1S/C12H12IN5OS/c13-7-2-1-3-8(4-7)16-11(19)6-20-12-17-9(14)5-10(15)18-12/h1-5H,6H2,(H,16,19)(H4,14,15,17,18). The average molecular weight is 401 g/mol. The fraction of sp³-hybridized carbons (Fsp3) is 0.0833. The van der Waals surface area contributed by atoms with Gasteiger partial charge in [-0.3, -0.25) is 4.79 Å². The Morgan fingerprint density at radius 2 is 1.95 bits per heavy atom. The number of benzene rings is 1. The minimum absolute atomic E-state index is 0.137. The Hall–Kier alpha value is -1.55. The molecule has 1 aromatic heterocycles. The molecule has 0 unspecified atom stereocenters. The number of anilines is 3. The highest BCUT2D eigenvalue weighted by atomic mass is 127. The minimum Gasteiger partial charge on any atom is -0.383 e. The van der Waals surface area contributed by atoms with Gasteiger partial charge >= 0.3 is 0 Å². The molecule has 0 saturated carbocycles. The molecule has 0 aliphatic heterocycles. The van der Waals surface area contributed by atoms with E-state index in [0.29, 0.717) is 5.16 Å². The summed E-state index contributed by atoms with van der Waals surface area (Å²) in [4.78, 5) is 19.8. The summed E-state index contributed by atoms with van der Waals surface area (Å²) in [6.07, 6.45) is 0. The lowest BCUT2D eigenvalue weighted by molar-refractivity contribution is -0.113. The van der Waals surface area contributed by atoms with Gasteiger partial charge in [0.15, 0.2) is 5.16 Å². The number of carbonyl (C=O) groups excluding carboxylic acids is 1. The van der Waals surface area contributed by atoms with E-state index in [4.69, 9.17) is 11.5 Å². The van der Waals surface area contributed by atoms with Crippen LogP contribution in [0, 0.1) is 3.57 Å². The maximum atomic E-state index is 11.8. The van der Waals surface area contributed by atoms with Crippen molar-refractivity contribution in [1.82, 2.24) is 9.97 Å². The van der Waals surface area contributed by atoms with Crippen LogP contribution >= 0.6 is 34.4 Å². The largest absolute Gasteiger partial charge is 0.383 e. The Morgan fingerprint density at radius 1 is 1.25 bits per heavy atom. The lowest BCUT2D eigenvalue weighted by Gasteiger charge is -2.05. The van der Waals surface area contributed by atoms with E-state index in [9.17, 15) is 4.79 Å². The molecule has 5 N–H and O–H groups in total. The van der Waals surface area contributed by atoms with Crippen LogP contribution in [-0.2, 0) is 4.79 Å². The van der Waals surface area contributed by atoms with Crippen molar-refractivity contribution in [2.75, 3.05) is 22.5 Å². The SMILES string of the molecule is Nc1cc(N)nc(SCC(=O)Nc2cccc(I)c2)n1. The number of thioether (sulfide) groups is 1. The van der Waals surface area contributed by atoms with Gasteiger partial charge in [0.1, 0.15) is 11.6 Å². The molecule has 0 aliphatic carbocycles. The van der Waals surface area contributed by atoms with Crippen molar-refractivity contribution in [2.24, 2.45) is 0 Å². The van der Waals surface area contributed by atoms with Gasteiger partial charge < -0.3 is 16.8 Å². The second-order valence-corrected chi connectivity index (χ2v) is 6.04. The van der Waals surface area contributed by atoms with E-state index in [1.807, 2.05) is 24.3 Å². The molecule has 0 fully saturated rings. The number of hydrogen-bond acceptors (Lipinski definition) is 6. The van der Waals surface area contributed by atoms with Crippen LogP contribution in [0.5, 0.6) is 0 Å². The highest BCUT2D eigenvalue weighted by Gasteiger charge is 2.07. The third-order valence-corrected chi connectivity index (χ3v) is 3.70. The van der Waals surface area contributed by atoms with E-state index >= 15 is 0 Å². The Labute approximate surface area is 133 Å². The lowest BCUT2D eigenvalue weighted by Crippen LogP contribution is -2.14. The molecule has 1 amide bonds. The molecule has 1 aromatic carbocycles. The Morgan fingerprint density at radius 3 is 2.60 bits per heavy atom. The lowest BCUT2D eigenvalue weighted by atomic mass is 10.3. The second-order valence-electron chi connectivity index (χ2n) is 3.85. The molecular formula is C12H12IN5OS. The topological polar surface area (TPSA) is 107 Å². The first kappa shape index (κ1) is 14.9. The summed E-state index contributed by atoms with van der Waals surface area (Å²) in [5.41, 5.74) is 11.9. The monoisotopic (exact) mass is 401 g/mol. The molecule has 0 aliphatic rings. The number of carbonyl (C=O) groups is 1. The summed E-state index contributed by atoms with van der Waals surface area (Å²) in [7, 11) is 0. The Bertz CT molecular complexity index is 617. The number of halogens is 1. The predicted octanol–water partition coefficient (Wildman–Crippen LogP) is 1.98. The summed E-state index contributed by atoms with van der Waals surface area (Å²) < 4.78 is 1.06. The van der Waals surface area contributed by atoms with E-state index in [0.717, 1.165) is 9.26 Å². The highest BCUT2D eigenvalue weighted by molar-refractivity contribution is 14.1. The second kappa shape index (κ2) is 6.75. The molecule has 8 heteroatoms. The van der Waals surface area contributed by atoms with Crippen LogP contribution in [-0.4, -0.2) is 21.6 Å². The molecule has 104 valence electrons. The van der Waals surface area contributed by atoms with Crippen LogP contribution in [0.25, 0.3) is 0 Å². The van der Waals surface area contributed by atoms with Crippen LogP contribution in [0.3, 0.4) is 0 Å². The number of nitrogen functional groups attached to an aromatic ring is 2. The smallest absolute Gasteiger partial charge is 0.234 e. The van der Waals surface area contributed by atoms with Crippen LogP contribution in [0.2, 0.25) is 0 Å². The van der Waals surface area contributed by atoms with Crippen molar-refractivity contribution in [2.45, 2.75) is 5.16 Å². The van der Waals surface area contributed by atoms with Gasteiger partial charge in [-0.1, -0.05) is 17.8 Å². The molecular weight excluding hydrogens is 389 g/mol. The number of nitrogens with zero attached hydrogens (tertiary/aromatic N) is 2. The fourth-order valence-corrected chi connectivity index (χ4v) is 2.64. The minimum atomic E-state index is -0.137. The van der Waals surface area contributed by atoms with Crippen molar-refractivity contribution < 1.29 is 4.79 Å². The first-order valence-electron chi connectivity index (χ1n) is 5.61. The number of amides is 1. The zero-order chi connectivity index (χ0) is 14.5. The zero-order valence-corrected chi connectivity index (χ0v) is 13.3. The molecule has 0 bridgehead atoms. The van der Waals surface area contributed by atoms with Crippen LogP contribution in [0.1, 0.15) is 0 Å². The van der Waals surface area contributed by atoms with Crippen molar-refractivity contribution in [1.29, 1.82) is 0 Å². The predicted molar refractivity (Wildman–Crippen MR) is 89.4 cm³/mol. The molecule has 0 radical (unpaired) electrons. The molecule has 0 atom stereocenters. The van der Waals surface area contributed by atoms with Crippen molar-refractivity contribution in [3.05, 3.63) is 33.9 Å². The number of rotatable bonds is 4. The van der Waals surface area contributed by atoms with Crippen molar-refractivity contribution in [3.63, 3.8) is 0 Å². The Balaban J connectivity index is 1.92. The number of hydrogen-bond donors (Lipinski definition) is 3. The van der Waals surface area contributed by atoms with Gasteiger partial charge in [-0.05, 0) is 40.8 Å². The average Bonchev–Trinajstić information content (AvgIpc) is 2.35. The summed E-state index contributed by atoms with van der Waals surface area (Å²) >= 11 is 3.37. The van der Waals surface area contributed by atoms with Crippen LogP contribution < -0.4 is 16.8 Å². The maximum Gasteiger partial charge on any atom is 0.234 e. The zero-order valence-electron chi connectivity index (χ0n) is 10.3. The van der Waals surface area contributed by atoms with E-state index in [1.54, 1.807) is 0 Å². The summed E-state index contributed by atoms with van der Waals surface area (Å²) in [5.74, 6) is 0.631. The number of nitrogens with one attached hydrogen (secondary N) is 1. The van der Waals surface area contributed by atoms with Crippen LogP contribution in [0.15, 0.2) is 35.5 Å². The van der Waals surface area contributed by atoms with Gasteiger partial charge in [-0.2, -0.15) is 0 Å². The fourth-order valence-electron chi connectivity index (χ4n) is 1.42. The summed E-state index contributed by atoms with van der Waals surface area (Å²) in [6, 6.07) is 9.02. The summed E-state index contributed by atoms with van der Waals surface area (Å²) in [5, 5.41) is 3.19. The summed E-state index contributed by atoms with van der Waals surface area (Å²) in [6.45, 7) is 0. The molecule has 2 aromatic rings. The van der Waals surface area contributed by atoms with Crippen molar-refractivity contribution >= 4 is 57.6 Å². The van der Waals surface area contributed by atoms with Gasteiger partial charge in [0.05, 0.1) is 5.75 Å². The molecule has 2 rings (SSSR count). The van der Waals surface area contributed by atoms with E-state index in [1.165, 1.54) is 17.8 Å². The number of nitrogens with two attached hydrogens (primary N) is 2. The van der Waals surface area contributed by atoms with Gasteiger partial charge in [-0.25, -0.2) is 9.97 Å². The van der Waals surface area contributed by atoms with E-state index in [2.05, 4.69) is 37.9 Å². The molecule has 6 nitrogen and oxygen atoms in total. The molecule has 0 saturated heterocycles.